The molecule has 0 bridgehead atoms. The van der Waals surface area contributed by atoms with Gasteiger partial charge in [0, 0.05) is 30.7 Å². The van der Waals surface area contributed by atoms with Crippen molar-refractivity contribution in [1.29, 1.82) is 0 Å². The normalized spacial score (nSPS) is 13.8. The SMILES string of the molecule is COC(=O)c1cc(N2CCOCC2)ccc1NC(=O)c1nn(CC(C)C)c(=O)c2ccccc12. The van der Waals surface area contributed by atoms with Crippen LogP contribution < -0.4 is 15.8 Å². The number of benzene rings is 2. The number of amides is 1. The molecule has 2 aromatic carbocycles. The molecule has 0 saturated carbocycles. The number of morpholine rings is 1. The molecule has 9 heteroatoms. The van der Waals surface area contributed by atoms with E-state index in [1.54, 1.807) is 36.4 Å². The molecule has 1 saturated heterocycles. The standard InChI is InChI=1S/C25H28N4O5/c1-16(2)15-29-24(31)19-7-5-4-6-18(19)22(27-29)23(30)26-21-9-8-17(14-20(21)25(32)33-3)28-10-12-34-13-11-28/h4-9,14,16H,10-13,15H2,1-3H3,(H,26,30). The summed E-state index contributed by atoms with van der Waals surface area (Å²) < 4.78 is 11.7. The van der Waals surface area contributed by atoms with Crippen molar-refractivity contribution < 1.29 is 19.1 Å². The average molecular weight is 465 g/mol. The van der Waals surface area contributed by atoms with Gasteiger partial charge in [-0.25, -0.2) is 9.48 Å². The van der Waals surface area contributed by atoms with E-state index in [0.717, 1.165) is 5.69 Å². The van der Waals surface area contributed by atoms with E-state index in [1.165, 1.54) is 11.8 Å². The van der Waals surface area contributed by atoms with E-state index in [0.29, 0.717) is 49.3 Å². The van der Waals surface area contributed by atoms with Gasteiger partial charge in [0.2, 0.25) is 0 Å². The minimum atomic E-state index is -0.562. The van der Waals surface area contributed by atoms with Gasteiger partial charge in [0.25, 0.3) is 11.5 Å². The smallest absolute Gasteiger partial charge is 0.340 e. The third-order valence-corrected chi connectivity index (χ3v) is 5.65. The third kappa shape index (κ3) is 4.79. The summed E-state index contributed by atoms with van der Waals surface area (Å²) in [5.74, 6) is -0.910. The molecule has 0 atom stereocenters. The van der Waals surface area contributed by atoms with E-state index in [4.69, 9.17) is 9.47 Å². The lowest BCUT2D eigenvalue weighted by Gasteiger charge is -2.29. The second-order valence-electron chi connectivity index (χ2n) is 8.55. The molecular weight excluding hydrogens is 436 g/mol. The van der Waals surface area contributed by atoms with Gasteiger partial charge in [-0.15, -0.1) is 0 Å². The Labute approximate surface area is 197 Å². The fourth-order valence-corrected chi connectivity index (χ4v) is 3.99. The number of hydrogen-bond donors (Lipinski definition) is 1. The van der Waals surface area contributed by atoms with Crippen LogP contribution in [0.5, 0.6) is 0 Å². The lowest BCUT2D eigenvalue weighted by atomic mass is 10.1. The zero-order valence-corrected chi connectivity index (χ0v) is 19.5. The average Bonchev–Trinajstić information content (AvgIpc) is 2.85. The largest absolute Gasteiger partial charge is 0.465 e. The number of esters is 1. The minimum Gasteiger partial charge on any atom is -0.465 e. The highest BCUT2D eigenvalue weighted by Crippen LogP contribution is 2.26. The van der Waals surface area contributed by atoms with Gasteiger partial charge >= 0.3 is 5.97 Å². The number of ether oxygens (including phenoxy) is 2. The maximum Gasteiger partial charge on any atom is 0.340 e. The summed E-state index contributed by atoms with van der Waals surface area (Å²) in [6.07, 6.45) is 0. The van der Waals surface area contributed by atoms with Crippen LogP contribution in [0, 0.1) is 5.92 Å². The second kappa shape index (κ2) is 10.0. The number of nitrogens with one attached hydrogen (secondary N) is 1. The third-order valence-electron chi connectivity index (χ3n) is 5.65. The molecule has 1 aromatic heterocycles. The zero-order valence-electron chi connectivity index (χ0n) is 19.5. The van der Waals surface area contributed by atoms with Gasteiger partial charge in [-0.2, -0.15) is 5.10 Å². The molecule has 4 rings (SSSR count). The van der Waals surface area contributed by atoms with Crippen molar-refractivity contribution >= 4 is 34.0 Å². The molecule has 9 nitrogen and oxygen atoms in total. The van der Waals surface area contributed by atoms with Crippen molar-refractivity contribution in [3.8, 4) is 0 Å². The van der Waals surface area contributed by atoms with Gasteiger partial charge in [-0.3, -0.25) is 9.59 Å². The minimum absolute atomic E-state index is 0.115. The zero-order chi connectivity index (χ0) is 24.2. The summed E-state index contributed by atoms with van der Waals surface area (Å²) in [4.78, 5) is 40.9. The van der Waals surface area contributed by atoms with Gasteiger partial charge < -0.3 is 19.7 Å². The van der Waals surface area contributed by atoms with E-state index in [9.17, 15) is 14.4 Å². The fourth-order valence-electron chi connectivity index (χ4n) is 3.99. The van der Waals surface area contributed by atoms with Crippen molar-refractivity contribution in [2.75, 3.05) is 43.6 Å². The molecule has 0 unspecified atom stereocenters. The Morgan fingerprint density at radius 2 is 1.82 bits per heavy atom. The summed E-state index contributed by atoms with van der Waals surface area (Å²) in [5, 5.41) is 8.05. The summed E-state index contributed by atoms with van der Waals surface area (Å²) >= 11 is 0. The van der Waals surface area contributed by atoms with Crippen LogP contribution in [0.15, 0.2) is 47.3 Å². The van der Waals surface area contributed by atoms with Crippen molar-refractivity contribution in [2.24, 2.45) is 5.92 Å². The number of hydrogen-bond acceptors (Lipinski definition) is 7. The summed E-state index contributed by atoms with van der Waals surface area (Å²) in [7, 11) is 1.30. The summed E-state index contributed by atoms with van der Waals surface area (Å²) in [6, 6.07) is 12.1. The topological polar surface area (TPSA) is 103 Å². The molecule has 1 amide bonds. The Morgan fingerprint density at radius 3 is 2.50 bits per heavy atom. The lowest BCUT2D eigenvalue weighted by Crippen LogP contribution is -2.36. The summed E-state index contributed by atoms with van der Waals surface area (Å²) in [6.45, 7) is 6.96. The number of carbonyl (C=O) groups is 2. The molecule has 2 heterocycles. The number of anilines is 2. The maximum atomic E-state index is 13.4. The van der Waals surface area contributed by atoms with Gasteiger partial charge in [0.15, 0.2) is 5.69 Å². The Kier molecular flexibility index (Phi) is 6.93. The molecule has 0 spiro atoms. The summed E-state index contributed by atoms with van der Waals surface area (Å²) in [5.41, 5.74) is 1.26. The number of carbonyl (C=O) groups excluding carboxylic acids is 2. The van der Waals surface area contributed by atoms with Crippen LogP contribution in [0.4, 0.5) is 11.4 Å². The van der Waals surface area contributed by atoms with Crippen molar-refractivity contribution in [3.05, 3.63) is 64.1 Å². The molecule has 178 valence electrons. The van der Waals surface area contributed by atoms with E-state index >= 15 is 0 Å². The van der Waals surface area contributed by atoms with Gasteiger partial charge in [0.1, 0.15) is 0 Å². The first-order valence-corrected chi connectivity index (χ1v) is 11.2. The van der Waals surface area contributed by atoms with Gasteiger partial charge in [-0.05, 0) is 30.2 Å². The molecule has 1 fully saturated rings. The van der Waals surface area contributed by atoms with E-state index in [1.807, 2.05) is 19.9 Å². The quantitative estimate of drug-likeness (QED) is 0.560. The van der Waals surface area contributed by atoms with E-state index in [2.05, 4.69) is 15.3 Å². The van der Waals surface area contributed by atoms with Gasteiger partial charge in [-0.1, -0.05) is 32.0 Å². The van der Waals surface area contributed by atoms with Gasteiger partial charge in [0.05, 0.1) is 37.0 Å². The number of fused-ring (bicyclic) bond motifs is 1. The Morgan fingerprint density at radius 1 is 1.12 bits per heavy atom. The van der Waals surface area contributed by atoms with Crippen LogP contribution in [-0.4, -0.2) is 55.1 Å². The number of rotatable bonds is 6. The van der Waals surface area contributed by atoms with E-state index in [-0.39, 0.29) is 22.7 Å². The highest BCUT2D eigenvalue weighted by molar-refractivity contribution is 6.13. The van der Waals surface area contributed by atoms with Crippen LogP contribution in [0.2, 0.25) is 0 Å². The molecule has 0 aliphatic carbocycles. The Bertz CT molecular complexity index is 1280. The second-order valence-corrected chi connectivity index (χ2v) is 8.55. The molecule has 1 N–H and O–H groups in total. The Balaban J connectivity index is 1.73. The van der Waals surface area contributed by atoms with Crippen LogP contribution in [0.1, 0.15) is 34.7 Å². The predicted molar refractivity (Wildman–Crippen MR) is 130 cm³/mol. The van der Waals surface area contributed by atoms with Crippen molar-refractivity contribution in [2.45, 2.75) is 20.4 Å². The van der Waals surface area contributed by atoms with Crippen molar-refractivity contribution in [1.82, 2.24) is 9.78 Å². The van der Waals surface area contributed by atoms with Crippen LogP contribution >= 0.6 is 0 Å². The first kappa shape index (κ1) is 23.4. The highest BCUT2D eigenvalue weighted by atomic mass is 16.5. The number of nitrogens with zero attached hydrogens (tertiary/aromatic N) is 3. The maximum absolute atomic E-state index is 13.4. The number of methoxy groups -OCH3 is 1. The van der Waals surface area contributed by atoms with Crippen LogP contribution in [0.25, 0.3) is 10.8 Å². The van der Waals surface area contributed by atoms with Crippen LogP contribution in [-0.2, 0) is 16.0 Å². The van der Waals surface area contributed by atoms with E-state index < -0.39 is 11.9 Å². The molecule has 0 radical (unpaired) electrons. The molecule has 34 heavy (non-hydrogen) atoms. The fraction of sp³-hybridized carbons (Fsp3) is 0.360. The molecule has 3 aromatic rings. The lowest BCUT2D eigenvalue weighted by molar-refractivity contribution is 0.0602. The molecule has 1 aliphatic rings. The molecular formula is C25H28N4O5. The van der Waals surface area contributed by atoms with Crippen LogP contribution in [0.3, 0.4) is 0 Å². The molecule has 1 aliphatic heterocycles. The number of aromatic nitrogens is 2. The monoisotopic (exact) mass is 464 g/mol. The first-order valence-electron chi connectivity index (χ1n) is 11.2. The highest BCUT2D eigenvalue weighted by Gasteiger charge is 2.22. The Hall–Kier alpha value is -3.72. The predicted octanol–water partition coefficient (Wildman–Crippen LogP) is 2.93. The van der Waals surface area contributed by atoms with Crippen molar-refractivity contribution in [3.63, 3.8) is 0 Å². The first-order chi connectivity index (χ1) is 16.4.